The van der Waals surface area contributed by atoms with Crippen LogP contribution in [0.1, 0.15) is 36.1 Å². The van der Waals surface area contributed by atoms with Crippen LogP contribution in [0.2, 0.25) is 0 Å². The number of carbonyl (C=O) groups excluding carboxylic acids is 1. The van der Waals surface area contributed by atoms with E-state index in [1.165, 1.54) is 54.5 Å². The molecule has 1 saturated heterocycles. The molecular formula is C24H30N6O2. The van der Waals surface area contributed by atoms with Crippen LogP contribution in [0.3, 0.4) is 0 Å². The summed E-state index contributed by atoms with van der Waals surface area (Å²) < 4.78 is 2.51. The topological polar surface area (TPSA) is 86.5 Å². The number of nitrogens with one attached hydrogen (secondary N) is 1. The van der Waals surface area contributed by atoms with Gasteiger partial charge in [-0.25, -0.2) is 15.4 Å². The number of nitrogens with zero attached hydrogens (tertiary/aromatic N) is 5. The monoisotopic (exact) mass is 434 g/mol. The molecule has 0 radical (unpaired) electrons. The summed E-state index contributed by atoms with van der Waals surface area (Å²) in [5, 5.41) is 10.1. The lowest BCUT2D eigenvalue weighted by molar-refractivity contribution is -0.128. The summed E-state index contributed by atoms with van der Waals surface area (Å²) in [7, 11) is 0. The predicted octanol–water partition coefficient (Wildman–Crippen LogP) is 2.53. The number of likely N-dealkylation sites (tertiary alicyclic amines) is 1. The largest absolute Gasteiger partial charge is 0.341 e. The zero-order chi connectivity index (χ0) is 21.9. The fourth-order valence-corrected chi connectivity index (χ4v) is 5.07. The number of hydroxylamine groups is 1. The standard InChI is InChI=1S/C24H30N6O2/c31-23(27-32)14-18-15-25-24(26-16-18)29-11-8-20-19-6-2-3-7-21(19)30(22(20)17-29)13-12-28-9-4-1-5-10-28/h2-3,6-7,15-16,32H,1,4-5,8-14,17H2,(H,27,31). The molecule has 8 nitrogen and oxygen atoms in total. The first-order valence-corrected chi connectivity index (χ1v) is 11.5. The van der Waals surface area contributed by atoms with Gasteiger partial charge in [0.2, 0.25) is 11.9 Å². The van der Waals surface area contributed by atoms with Crippen molar-refractivity contribution in [3.63, 3.8) is 0 Å². The molecule has 2 aliphatic heterocycles. The fraction of sp³-hybridized carbons (Fsp3) is 0.458. The van der Waals surface area contributed by atoms with Gasteiger partial charge in [0.25, 0.3) is 0 Å². The van der Waals surface area contributed by atoms with Crippen LogP contribution in [0.4, 0.5) is 5.95 Å². The third-order valence-corrected chi connectivity index (χ3v) is 6.72. The first-order valence-electron chi connectivity index (χ1n) is 11.5. The van der Waals surface area contributed by atoms with Gasteiger partial charge in [0.1, 0.15) is 0 Å². The zero-order valence-corrected chi connectivity index (χ0v) is 18.3. The maximum atomic E-state index is 11.4. The number of fused-ring (bicyclic) bond motifs is 3. The summed E-state index contributed by atoms with van der Waals surface area (Å²) in [6.07, 6.45) is 8.34. The highest BCUT2D eigenvalue weighted by Gasteiger charge is 2.25. The number of benzene rings is 1. The van der Waals surface area contributed by atoms with Gasteiger partial charge in [-0.15, -0.1) is 0 Å². The second-order valence-electron chi connectivity index (χ2n) is 8.77. The Kier molecular flexibility index (Phi) is 6.05. The van der Waals surface area contributed by atoms with Crippen molar-refractivity contribution in [3.8, 4) is 0 Å². The van der Waals surface area contributed by atoms with E-state index in [-0.39, 0.29) is 6.42 Å². The number of amides is 1. The average Bonchev–Trinajstić information content (AvgIpc) is 3.16. The molecule has 0 atom stereocenters. The SMILES string of the molecule is O=C(Cc1cnc(N2CCc3c(n(CCN4CCCCC4)c4ccccc34)C2)nc1)NO. The third kappa shape index (κ3) is 4.20. The molecule has 0 bridgehead atoms. The molecule has 4 heterocycles. The second-order valence-corrected chi connectivity index (χ2v) is 8.77. The molecule has 1 amide bonds. The molecule has 0 saturated carbocycles. The molecule has 5 rings (SSSR count). The molecule has 0 unspecified atom stereocenters. The molecule has 1 aromatic carbocycles. The highest BCUT2D eigenvalue weighted by atomic mass is 16.5. The van der Waals surface area contributed by atoms with Crippen LogP contribution in [0, 0.1) is 0 Å². The molecule has 0 spiro atoms. The minimum absolute atomic E-state index is 0.0612. The minimum Gasteiger partial charge on any atom is -0.341 e. The van der Waals surface area contributed by atoms with Crippen LogP contribution >= 0.6 is 0 Å². The van der Waals surface area contributed by atoms with E-state index in [0.29, 0.717) is 11.5 Å². The third-order valence-electron chi connectivity index (χ3n) is 6.72. The Morgan fingerprint density at radius 1 is 1.03 bits per heavy atom. The number of anilines is 1. The first-order chi connectivity index (χ1) is 15.7. The van der Waals surface area contributed by atoms with Gasteiger partial charge in [0.05, 0.1) is 13.0 Å². The molecule has 0 aliphatic carbocycles. The number of aromatic nitrogens is 3. The number of rotatable bonds is 6. The van der Waals surface area contributed by atoms with Gasteiger partial charge in [0.15, 0.2) is 0 Å². The maximum absolute atomic E-state index is 11.4. The van der Waals surface area contributed by atoms with E-state index in [1.807, 2.05) is 0 Å². The molecule has 2 aliphatic rings. The van der Waals surface area contributed by atoms with Gasteiger partial charge in [-0.3, -0.25) is 10.0 Å². The highest BCUT2D eigenvalue weighted by molar-refractivity contribution is 5.86. The van der Waals surface area contributed by atoms with Crippen LogP contribution in [-0.4, -0.2) is 56.7 Å². The molecule has 3 aromatic rings. The van der Waals surface area contributed by atoms with Crippen LogP contribution < -0.4 is 10.4 Å². The Morgan fingerprint density at radius 3 is 2.59 bits per heavy atom. The quantitative estimate of drug-likeness (QED) is 0.458. The van der Waals surface area contributed by atoms with Crippen molar-refractivity contribution in [1.29, 1.82) is 0 Å². The molecule has 2 aromatic heterocycles. The van der Waals surface area contributed by atoms with Gasteiger partial charge in [-0.2, -0.15) is 0 Å². The highest BCUT2D eigenvalue weighted by Crippen LogP contribution is 2.32. The molecular weight excluding hydrogens is 404 g/mol. The lowest BCUT2D eigenvalue weighted by Crippen LogP contribution is -2.35. The Bertz CT molecular complexity index is 1090. The summed E-state index contributed by atoms with van der Waals surface area (Å²) in [6, 6.07) is 8.76. The van der Waals surface area contributed by atoms with Crippen molar-refractivity contribution in [2.45, 2.75) is 45.2 Å². The summed E-state index contributed by atoms with van der Waals surface area (Å²) >= 11 is 0. The van der Waals surface area contributed by atoms with E-state index in [1.54, 1.807) is 17.9 Å². The fourth-order valence-electron chi connectivity index (χ4n) is 5.07. The maximum Gasteiger partial charge on any atom is 0.247 e. The van der Waals surface area contributed by atoms with Crippen LogP contribution in [-0.2, 0) is 30.7 Å². The van der Waals surface area contributed by atoms with Gasteiger partial charge in [-0.05, 0) is 49.5 Å². The first kappa shape index (κ1) is 20.9. The van der Waals surface area contributed by atoms with Crippen molar-refractivity contribution >= 4 is 22.8 Å². The van der Waals surface area contributed by atoms with E-state index < -0.39 is 5.91 Å². The van der Waals surface area contributed by atoms with Crippen molar-refractivity contribution in [2.75, 3.05) is 31.1 Å². The Balaban J connectivity index is 1.38. The van der Waals surface area contributed by atoms with Gasteiger partial charge >= 0.3 is 0 Å². The van der Waals surface area contributed by atoms with Gasteiger partial charge in [0, 0.05) is 48.6 Å². The van der Waals surface area contributed by atoms with Crippen molar-refractivity contribution in [3.05, 3.63) is 53.5 Å². The van der Waals surface area contributed by atoms with Gasteiger partial charge < -0.3 is 14.4 Å². The smallest absolute Gasteiger partial charge is 0.247 e. The zero-order valence-electron chi connectivity index (χ0n) is 18.3. The molecule has 2 N–H and O–H groups in total. The summed E-state index contributed by atoms with van der Waals surface area (Å²) in [5.41, 5.74) is 6.46. The normalized spacial score (nSPS) is 16.8. The number of piperidine rings is 1. The van der Waals surface area contributed by atoms with E-state index in [4.69, 9.17) is 5.21 Å². The van der Waals surface area contributed by atoms with E-state index in [9.17, 15) is 4.79 Å². The van der Waals surface area contributed by atoms with Crippen molar-refractivity contribution in [1.82, 2.24) is 24.9 Å². The lowest BCUT2D eigenvalue weighted by atomic mass is 10.0. The van der Waals surface area contributed by atoms with Crippen LogP contribution in [0.5, 0.6) is 0 Å². The molecule has 32 heavy (non-hydrogen) atoms. The molecule has 1 fully saturated rings. The predicted molar refractivity (Wildman–Crippen MR) is 123 cm³/mol. The Morgan fingerprint density at radius 2 is 1.81 bits per heavy atom. The minimum atomic E-state index is -0.470. The Labute approximate surface area is 187 Å². The van der Waals surface area contributed by atoms with Crippen molar-refractivity contribution < 1.29 is 10.0 Å². The summed E-state index contributed by atoms with van der Waals surface area (Å²) in [6.45, 7) is 6.15. The number of hydrogen-bond donors (Lipinski definition) is 2. The van der Waals surface area contributed by atoms with E-state index >= 15 is 0 Å². The second kappa shape index (κ2) is 9.26. The number of hydrogen-bond acceptors (Lipinski definition) is 6. The van der Waals surface area contributed by atoms with E-state index in [2.05, 4.69) is 48.6 Å². The lowest BCUT2D eigenvalue weighted by Gasteiger charge is -2.30. The number of para-hydroxylation sites is 1. The van der Waals surface area contributed by atoms with Crippen LogP contribution in [0.25, 0.3) is 10.9 Å². The molecule has 8 heteroatoms. The Hall–Kier alpha value is -2.97. The number of carbonyl (C=O) groups is 1. The van der Waals surface area contributed by atoms with E-state index in [0.717, 1.165) is 32.6 Å². The van der Waals surface area contributed by atoms with Crippen LogP contribution in [0.15, 0.2) is 36.7 Å². The average molecular weight is 435 g/mol. The summed E-state index contributed by atoms with van der Waals surface area (Å²) in [5.74, 6) is 0.207. The summed E-state index contributed by atoms with van der Waals surface area (Å²) in [4.78, 5) is 25.2. The molecule has 168 valence electrons. The van der Waals surface area contributed by atoms with Gasteiger partial charge in [-0.1, -0.05) is 24.6 Å². The van der Waals surface area contributed by atoms with Crippen molar-refractivity contribution in [2.24, 2.45) is 0 Å².